The van der Waals surface area contributed by atoms with Crippen LogP contribution in [0.15, 0.2) is 29.2 Å². The van der Waals surface area contributed by atoms with Gasteiger partial charge in [0.1, 0.15) is 0 Å². The molecule has 78 valence electrons. The first-order valence-electron chi connectivity index (χ1n) is 5.52. The van der Waals surface area contributed by atoms with E-state index >= 15 is 0 Å². The molecule has 1 aliphatic heterocycles. The summed E-state index contributed by atoms with van der Waals surface area (Å²) in [5, 5.41) is 0. The van der Waals surface area contributed by atoms with E-state index in [-0.39, 0.29) is 0 Å². The maximum Gasteiger partial charge on any atom is 0.0242 e. The third-order valence-corrected chi connectivity index (χ3v) is 5.57. The maximum absolute atomic E-state index is 2.29. The third-order valence-electron chi connectivity index (χ3n) is 2.95. The predicted molar refractivity (Wildman–Crippen MR) is 71.2 cm³/mol. The van der Waals surface area contributed by atoms with Gasteiger partial charge in [0.05, 0.1) is 0 Å². The van der Waals surface area contributed by atoms with Crippen molar-refractivity contribution >= 4 is 28.4 Å². The van der Waals surface area contributed by atoms with Gasteiger partial charge in [0.2, 0.25) is 0 Å². The molecule has 3 rings (SSSR count). The first-order chi connectivity index (χ1) is 7.45. The lowest BCUT2D eigenvalue weighted by molar-refractivity contribution is 0.971. The van der Waals surface area contributed by atoms with E-state index in [0.717, 1.165) is 0 Å². The van der Waals surface area contributed by atoms with Crippen molar-refractivity contribution in [2.75, 3.05) is 11.5 Å². The van der Waals surface area contributed by atoms with Gasteiger partial charge in [0, 0.05) is 4.91 Å². The molecule has 0 amide bonds. The van der Waals surface area contributed by atoms with E-state index in [0.29, 0.717) is 0 Å². The Balaban J connectivity index is 2.08. The standard InChI is InChI=1S/C13H14S2/c1-2-5-11-10(4-1)6-7-12-13(11)15-9-3-8-14-12/h1-2,4-5H,3,6-9H2. The Hall–Kier alpha value is -0.340. The topological polar surface area (TPSA) is 0 Å². The molecule has 0 fully saturated rings. The molecular formula is C13H14S2. The summed E-state index contributed by atoms with van der Waals surface area (Å²) in [4.78, 5) is 3.23. The minimum Gasteiger partial charge on any atom is -0.129 e. The van der Waals surface area contributed by atoms with E-state index in [4.69, 9.17) is 0 Å². The van der Waals surface area contributed by atoms with Gasteiger partial charge in [-0.3, -0.25) is 0 Å². The van der Waals surface area contributed by atoms with E-state index < -0.39 is 0 Å². The third kappa shape index (κ3) is 1.85. The summed E-state index contributed by atoms with van der Waals surface area (Å²) in [6.07, 6.45) is 3.86. The summed E-state index contributed by atoms with van der Waals surface area (Å²) in [5.41, 5.74) is 3.06. The molecule has 1 aliphatic carbocycles. The number of allylic oxidation sites excluding steroid dienone is 1. The van der Waals surface area contributed by atoms with Crippen molar-refractivity contribution in [3.05, 3.63) is 40.3 Å². The predicted octanol–water partition coefficient (Wildman–Crippen LogP) is 4.17. The van der Waals surface area contributed by atoms with Crippen molar-refractivity contribution in [3.63, 3.8) is 0 Å². The highest BCUT2D eigenvalue weighted by molar-refractivity contribution is 8.11. The molecular weight excluding hydrogens is 220 g/mol. The quantitative estimate of drug-likeness (QED) is 0.661. The van der Waals surface area contributed by atoms with Crippen LogP contribution in [0.3, 0.4) is 0 Å². The molecule has 2 aliphatic rings. The van der Waals surface area contributed by atoms with Gasteiger partial charge in [-0.15, -0.1) is 23.5 Å². The molecule has 1 heterocycles. The number of fused-ring (bicyclic) bond motifs is 2. The van der Waals surface area contributed by atoms with E-state index in [1.54, 1.807) is 15.4 Å². The Morgan fingerprint density at radius 1 is 0.933 bits per heavy atom. The SMILES string of the molecule is c1ccc2c(c1)CCC1=C2SCCCS1. The van der Waals surface area contributed by atoms with Crippen molar-refractivity contribution in [3.8, 4) is 0 Å². The Kier molecular flexibility index (Phi) is 2.80. The number of thioether (sulfide) groups is 2. The van der Waals surface area contributed by atoms with Crippen LogP contribution < -0.4 is 0 Å². The van der Waals surface area contributed by atoms with Gasteiger partial charge in [-0.05, 0) is 46.8 Å². The van der Waals surface area contributed by atoms with Crippen LogP contribution in [0, 0.1) is 0 Å². The second-order valence-electron chi connectivity index (χ2n) is 3.96. The second kappa shape index (κ2) is 4.26. The van der Waals surface area contributed by atoms with Gasteiger partial charge in [-0.1, -0.05) is 24.3 Å². The first-order valence-corrected chi connectivity index (χ1v) is 7.49. The van der Waals surface area contributed by atoms with Crippen LogP contribution in [0.5, 0.6) is 0 Å². The second-order valence-corrected chi connectivity index (χ2v) is 6.25. The highest BCUT2D eigenvalue weighted by atomic mass is 32.2. The molecule has 0 radical (unpaired) electrons. The Morgan fingerprint density at radius 2 is 1.80 bits per heavy atom. The van der Waals surface area contributed by atoms with E-state index in [9.17, 15) is 0 Å². The lowest BCUT2D eigenvalue weighted by Crippen LogP contribution is -2.01. The summed E-state index contributed by atoms with van der Waals surface area (Å²) in [5.74, 6) is 2.61. The van der Waals surface area contributed by atoms with Gasteiger partial charge in [0.15, 0.2) is 0 Å². The number of benzene rings is 1. The van der Waals surface area contributed by atoms with Crippen molar-refractivity contribution in [1.82, 2.24) is 0 Å². The summed E-state index contributed by atoms with van der Waals surface area (Å²) in [6.45, 7) is 0. The van der Waals surface area contributed by atoms with Crippen LogP contribution in [0.1, 0.15) is 24.0 Å². The average Bonchev–Trinajstić information content (AvgIpc) is 2.54. The Labute approximate surface area is 99.5 Å². The smallest absolute Gasteiger partial charge is 0.0242 e. The number of aryl methyl sites for hydroxylation is 1. The van der Waals surface area contributed by atoms with Crippen molar-refractivity contribution in [1.29, 1.82) is 0 Å². The van der Waals surface area contributed by atoms with Crippen LogP contribution in [0.2, 0.25) is 0 Å². The van der Waals surface area contributed by atoms with Gasteiger partial charge in [-0.2, -0.15) is 0 Å². The molecule has 0 atom stereocenters. The van der Waals surface area contributed by atoms with Gasteiger partial charge < -0.3 is 0 Å². The zero-order chi connectivity index (χ0) is 10.1. The number of rotatable bonds is 0. The van der Waals surface area contributed by atoms with Crippen LogP contribution in [-0.4, -0.2) is 11.5 Å². The summed E-state index contributed by atoms with van der Waals surface area (Å²) < 4.78 is 0. The summed E-state index contributed by atoms with van der Waals surface area (Å²) >= 11 is 4.16. The minimum atomic E-state index is 1.24. The number of hydrogen-bond donors (Lipinski definition) is 0. The van der Waals surface area contributed by atoms with Crippen LogP contribution in [-0.2, 0) is 6.42 Å². The fourth-order valence-corrected chi connectivity index (χ4v) is 4.87. The van der Waals surface area contributed by atoms with Crippen LogP contribution in [0.4, 0.5) is 0 Å². The molecule has 2 heteroatoms. The normalized spacial score (nSPS) is 20.5. The summed E-state index contributed by atoms with van der Waals surface area (Å²) in [7, 11) is 0. The van der Waals surface area contributed by atoms with E-state index in [1.807, 2.05) is 0 Å². The molecule has 0 saturated carbocycles. The largest absolute Gasteiger partial charge is 0.129 e. The Bertz CT molecular complexity index is 407. The molecule has 0 spiro atoms. The first kappa shape index (κ1) is 9.86. The molecule has 0 nitrogen and oxygen atoms in total. The zero-order valence-electron chi connectivity index (χ0n) is 8.66. The van der Waals surface area contributed by atoms with Crippen molar-refractivity contribution < 1.29 is 0 Å². The van der Waals surface area contributed by atoms with Gasteiger partial charge >= 0.3 is 0 Å². The molecule has 1 aromatic carbocycles. The van der Waals surface area contributed by atoms with Crippen molar-refractivity contribution in [2.24, 2.45) is 0 Å². The molecule has 0 aromatic heterocycles. The Morgan fingerprint density at radius 3 is 2.80 bits per heavy atom. The zero-order valence-corrected chi connectivity index (χ0v) is 10.3. The van der Waals surface area contributed by atoms with Crippen LogP contribution in [0.25, 0.3) is 4.91 Å². The van der Waals surface area contributed by atoms with Crippen LogP contribution >= 0.6 is 23.5 Å². The van der Waals surface area contributed by atoms with E-state index in [2.05, 4.69) is 47.8 Å². The van der Waals surface area contributed by atoms with E-state index in [1.165, 1.54) is 36.3 Å². The maximum atomic E-state index is 2.29. The molecule has 15 heavy (non-hydrogen) atoms. The fraction of sp³-hybridized carbons (Fsp3) is 0.385. The van der Waals surface area contributed by atoms with Gasteiger partial charge in [-0.25, -0.2) is 0 Å². The monoisotopic (exact) mass is 234 g/mol. The molecule has 1 aromatic rings. The lowest BCUT2D eigenvalue weighted by atomic mass is 9.97. The summed E-state index contributed by atoms with van der Waals surface area (Å²) in [6, 6.07) is 8.92. The highest BCUT2D eigenvalue weighted by Gasteiger charge is 2.20. The average molecular weight is 234 g/mol. The highest BCUT2D eigenvalue weighted by Crippen LogP contribution is 2.45. The van der Waals surface area contributed by atoms with Crippen molar-refractivity contribution in [2.45, 2.75) is 19.3 Å². The molecule has 0 N–H and O–H groups in total. The molecule has 0 bridgehead atoms. The lowest BCUT2D eigenvalue weighted by Gasteiger charge is -2.20. The molecule has 0 unspecified atom stereocenters. The number of hydrogen-bond acceptors (Lipinski definition) is 2. The molecule has 0 saturated heterocycles. The van der Waals surface area contributed by atoms with Gasteiger partial charge in [0.25, 0.3) is 0 Å². The minimum absolute atomic E-state index is 1.24. The fourth-order valence-electron chi connectivity index (χ4n) is 2.20.